The topological polar surface area (TPSA) is 43.4 Å². The number of cyclic esters (lactones) is 2. The van der Waals surface area contributed by atoms with Gasteiger partial charge >= 0.3 is 13.2 Å². The van der Waals surface area contributed by atoms with Crippen LogP contribution in [0.25, 0.3) is 0 Å². The molecule has 0 N–H and O–H groups in total. The third-order valence-corrected chi connectivity index (χ3v) is 1.65. The normalized spacial score (nSPS) is 14.7. The van der Waals surface area contributed by atoms with E-state index in [9.17, 15) is 9.59 Å². The second-order valence-electron chi connectivity index (χ2n) is 2.44. The molecule has 1 radical (unpaired) electrons. The van der Waals surface area contributed by atoms with Gasteiger partial charge in [0.15, 0.2) is 0 Å². The van der Waals surface area contributed by atoms with Gasteiger partial charge in [-0.05, 0) is 6.07 Å². The summed E-state index contributed by atoms with van der Waals surface area (Å²) in [5, 5.41) is 0. The van der Waals surface area contributed by atoms with E-state index in [1.54, 1.807) is 24.3 Å². The highest BCUT2D eigenvalue weighted by molar-refractivity contribution is 6.85. The summed E-state index contributed by atoms with van der Waals surface area (Å²) in [5.74, 6) is -1.17. The van der Waals surface area contributed by atoms with Crippen LogP contribution in [-0.2, 0) is 4.74 Å². The number of hydrogen-bond donors (Lipinski definition) is 0. The van der Waals surface area contributed by atoms with Crippen molar-refractivity contribution in [2.45, 2.75) is 0 Å². The summed E-state index contributed by atoms with van der Waals surface area (Å²) in [5.41, 5.74) is 1.07. The highest BCUT2D eigenvalue weighted by atomic mass is 16.6. The molecule has 0 saturated carbocycles. The molecule has 0 aliphatic carbocycles. The fourth-order valence-electron chi connectivity index (χ4n) is 1.11. The maximum absolute atomic E-state index is 11.0. The minimum atomic E-state index is -0.598. The lowest BCUT2D eigenvalue weighted by Crippen LogP contribution is -2.37. The van der Waals surface area contributed by atoms with Gasteiger partial charge in [-0.25, -0.2) is 4.79 Å². The zero-order valence-electron chi connectivity index (χ0n) is 6.11. The standard InChI is InChI=1S/C8H4BO3/c10-7-5-3-1-2-4-6(5)9-8(11)12-7/h1-4H. The first-order valence-electron chi connectivity index (χ1n) is 3.47. The summed E-state index contributed by atoms with van der Waals surface area (Å²) < 4.78 is 4.38. The van der Waals surface area contributed by atoms with Crippen LogP contribution in [0.15, 0.2) is 24.3 Å². The number of fused-ring (bicyclic) bond motifs is 1. The molecule has 1 aliphatic rings. The Morgan fingerprint density at radius 2 is 1.92 bits per heavy atom. The molecule has 0 atom stereocenters. The second-order valence-corrected chi connectivity index (χ2v) is 2.44. The van der Waals surface area contributed by atoms with E-state index in [1.165, 1.54) is 7.28 Å². The van der Waals surface area contributed by atoms with Crippen LogP contribution in [0.4, 0.5) is 4.79 Å². The predicted octanol–water partition coefficient (Wildman–Crippen LogP) is 0.307. The molecule has 0 saturated heterocycles. The Bertz CT molecular complexity index is 359. The third kappa shape index (κ3) is 1.01. The number of hydrogen-bond acceptors (Lipinski definition) is 3. The number of ether oxygens (including phenoxy) is 1. The van der Waals surface area contributed by atoms with E-state index in [4.69, 9.17) is 0 Å². The quantitative estimate of drug-likeness (QED) is 0.310. The molecule has 1 aliphatic heterocycles. The minimum absolute atomic E-state index is 0.442. The Morgan fingerprint density at radius 3 is 2.75 bits per heavy atom. The molecule has 57 valence electrons. The number of esters is 1. The summed E-state index contributed by atoms with van der Waals surface area (Å²) in [6.07, 6.45) is 0. The molecular weight excluding hydrogens is 155 g/mol. The monoisotopic (exact) mass is 159 g/mol. The van der Waals surface area contributed by atoms with Gasteiger partial charge in [-0.3, -0.25) is 4.79 Å². The molecular formula is C8H4BO3. The molecule has 0 amide bonds. The first-order valence-corrected chi connectivity index (χ1v) is 3.47. The summed E-state index contributed by atoms with van der Waals surface area (Å²) in [6, 6.07) is 6.82. The Balaban J connectivity index is 2.54. The average Bonchev–Trinajstić information content (AvgIpc) is 2.04. The maximum atomic E-state index is 11.0. The fourth-order valence-corrected chi connectivity index (χ4v) is 1.11. The van der Waals surface area contributed by atoms with Gasteiger partial charge in [-0.2, -0.15) is 0 Å². The lowest BCUT2D eigenvalue weighted by molar-refractivity contribution is 0.0658. The van der Waals surface area contributed by atoms with E-state index >= 15 is 0 Å². The lowest BCUT2D eigenvalue weighted by atomic mass is 9.67. The summed E-state index contributed by atoms with van der Waals surface area (Å²) >= 11 is 0. The third-order valence-electron chi connectivity index (χ3n) is 1.65. The van der Waals surface area contributed by atoms with Crippen molar-refractivity contribution < 1.29 is 14.3 Å². The van der Waals surface area contributed by atoms with Gasteiger partial charge in [0.2, 0.25) is 0 Å². The summed E-state index contributed by atoms with van der Waals surface area (Å²) in [7, 11) is 1.30. The molecule has 0 unspecified atom stereocenters. The Hall–Kier alpha value is -1.58. The molecule has 2 rings (SSSR count). The summed E-state index contributed by atoms with van der Waals surface area (Å²) in [6.45, 7) is 0. The van der Waals surface area contributed by atoms with E-state index in [0.29, 0.717) is 11.0 Å². The van der Waals surface area contributed by atoms with Crippen molar-refractivity contribution in [1.82, 2.24) is 0 Å². The van der Waals surface area contributed by atoms with Crippen molar-refractivity contribution >= 4 is 24.6 Å². The average molecular weight is 159 g/mol. The SMILES string of the molecule is O=C1[B]c2ccccc2C(=O)O1. The Labute approximate surface area is 69.6 Å². The van der Waals surface area contributed by atoms with E-state index in [0.717, 1.165) is 0 Å². The predicted molar refractivity (Wildman–Crippen MR) is 42.6 cm³/mol. The smallest absolute Gasteiger partial charge is 0.344 e. The zero-order valence-corrected chi connectivity index (χ0v) is 6.11. The van der Waals surface area contributed by atoms with Crippen molar-refractivity contribution in [3.63, 3.8) is 0 Å². The Kier molecular flexibility index (Phi) is 1.47. The largest absolute Gasteiger partial charge is 0.399 e. The molecule has 1 aromatic rings. The number of rotatable bonds is 0. The van der Waals surface area contributed by atoms with Crippen LogP contribution in [-0.4, -0.2) is 19.1 Å². The number of benzene rings is 1. The highest BCUT2D eigenvalue weighted by Gasteiger charge is 2.24. The molecule has 3 nitrogen and oxygen atoms in total. The van der Waals surface area contributed by atoms with Gasteiger partial charge < -0.3 is 4.74 Å². The van der Waals surface area contributed by atoms with E-state index in [-0.39, 0.29) is 0 Å². The number of carbonyl (C=O) groups excluding carboxylic acids is 2. The van der Waals surface area contributed by atoms with Crippen molar-refractivity contribution in [3.05, 3.63) is 29.8 Å². The Morgan fingerprint density at radius 1 is 1.17 bits per heavy atom. The van der Waals surface area contributed by atoms with Crippen LogP contribution >= 0.6 is 0 Å². The zero-order chi connectivity index (χ0) is 8.55. The number of carbonyl (C=O) groups is 2. The van der Waals surface area contributed by atoms with E-state index < -0.39 is 11.8 Å². The van der Waals surface area contributed by atoms with Gasteiger partial charge in [0.1, 0.15) is 0 Å². The molecule has 12 heavy (non-hydrogen) atoms. The molecule has 1 aromatic carbocycles. The van der Waals surface area contributed by atoms with Crippen molar-refractivity contribution in [3.8, 4) is 0 Å². The highest BCUT2D eigenvalue weighted by Crippen LogP contribution is 2.04. The van der Waals surface area contributed by atoms with Gasteiger partial charge in [0.25, 0.3) is 5.87 Å². The first kappa shape index (κ1) is 7.09. The maximum Gasteiger partial charge on any atom is 0.344 e. The van der Waals surface area contributed by atoms with Crippen LogP contribution in [0.1, 0.15) is 10.4 Å². The lowest BCUT2D eigenvalue weighted by Gasteiger charge is -2.11. The van der Waals surface area contributed by atoms with Gasteiger partial charge in [0, 0.05) is 0 Å². The van der Waals surface area contributed by atoms with E-state index in [2.05, 4.69) is 4.74 Å². The molecule has 0 aromatic heterocycles. The van der Waals surface area contributed by atoms with E-state index in [1.807, 2.05) is 0 Å². The first-order chi connectivity index (χ1) is 5.77. The van der Waals surface area contributed by atoms with Crippen LogP contribution < -0.4 is 5.46 Å². The fraction of sp³-hybridized carbons (Fsp3) is 0. The molecule has 1 heterocycles. The van der Waals surface area contributed by atoms with Gasteiger partial charge in [-0.15, -0.1) is 0 Å². The van der Waals surface area contributed by atoms with Crippen LogP contribution in [0.3, 0.4) is 0 Å². The molecule has 0 fully saturated rings. The molecule has 0 bridgehead atoms. The van der Waals surface area contributed by atoms with Crippen molar-refractivity contribution in [1.29, 1.82) is 0 Å². The van der Waals surface area contributed by atoms with Crippen LogP contribution in [0, 0.1) is 0 Å². The van der Waals surface area contributed by atoms with Crippen LogP contribution in [0.2, 0.25) is 0 Å². The van der Waals surface area contributed by atoms with Gasteiger partial charge in [0.05, 0.1) is 5.56 Å². The molecule has 4 heteroatoms. The minimum Gasteiger partial charge on any atom is -0.399 e. The second kappa shape index (κ2) is 2.48. The molecule has 0 spiro atoms. The van der Waals surface area contributed by atoms with Gasteiger partial charge in [-0.1, -0.05) is 23.7 Å². The van der Waals surface area contributed by atoms with Crippen molar-refractivity contribution in [2.75, 3.05) is 0 Å². The van der Waals surface area contributed by atoms with Crippen molar-refractivity contribution in [2.24, 2.45) is 0 Å². The van der Waals surface area contributed by atoms with Crippen LogP contribution in [0.5, 0.6) is 0 Å². The summed E-state index contributed by atoms with van der Waals surface area (Å²) in [4.78, 5) is 21.8.